The first-order valence-corrected chi connectivity index (χ1v) is 4.67. The Morgan fingerprint density at radius 3 is 3.00 bits per heavy atom. The first-order valence-electron chi connectivity index (χ1n) is 2.60. The maximum absolute atomic E-state index is 9.18. The van der Waals surface area contributed by atoms with Crippen molar-refractivity contribution in [2.75, 3.05) is 5.33 Å². The molecule has 0 spiro atoms. The molecule has 1 rings (SSSR count). The molecule has 50 valence electrons. The smallest absolute Gasteiger partial charge is 0.0894 e. The molecular weight excluding hydrogens is 200 g/mol. The number of hydrogen-bond donors (Lipinski definition) is 1. The van der Waals surface area contributed by atoms with Gasteiger partial charge in [0, 0.05) is 5.33 Å². The SMILES string of the molecule is O[C@@H](CBr)c1ccsc1. The van der Waals surface area contributed by atoms with E-state index in [-0.39, 0.29) is 6.10 Å². The van der Waals surface area contributed by atoms with Crippen LogP contribution in [0.5, 0.6) is 0 Å². The van der Waals surface area contributed by atoms with Crippen LogP contribution >= 0.6 is 27.3 Å². The van der Waals surface area contributed by atoms with E-state index in [0.717, 1.165) is 5.56 Å². The van der Waals surface area contributed by atoms with Crippen molar-refractivity contribution in [3.8, 4) is 0 Å². The van der Waals surface area contributed by atoms with Crippen LogP contribution in [0, 0.1) is 0 Å². The van der Waals surface area contributed by atoms with Crippen LogP contribution in [-0.4, -0.2) is 10.4 Å². The summed E-state index contributed by atoms with van der Waals surface area (Å²) < 4.78 is 0. The molecule has 0 aliphatic heterocycles. The lowest BCUT2D eigenvalue weighted by Crippen LogP contribution is -1.94. The molecule has 0 aromatic carbocycles. The van der Waals surface area contributed by atoms with Crippen molar-refractivity contribution in [1.82, 2.24) is 0 Å². The lowest BCUT2D eigenvalue weighted by Gasteiger charge is -2.00. The molecule has 0 unspecified atom stereocenters. The van der Waals surface area contributed by atoms with E-state index >= 15 is 0 Å². The molecule has 0 aliphatic rings. The van der Waals surface area contributed by atoms with Crippen molar-refractivity contribution in [3.63, 3.8) is 0 Å². The van der Waals surface area contributed by atoms with Gasteiger partial charge in [-0.3, -0.25) is 0 Å². The molecule has 0 saturated carbocycles. The Kier molecular flexibility index (Phi) is 2.69. The molecule has 0 amide bonds. The highest BCUT2D eigenvalue weighted by atomic mass is 79.9. The molecule has 1 nitrogen and oxygen atoms in total. The molecule has 3 heteroatoms. The first-order chi connectivity index (χ1) is 4.34. The fourth-order valence-electron chi connectivity index (χ4n) is 0.554. The second-order valence-electron chi connectivity index (χ2n) is 1.73. The van der Waals surface area contributed by atoms with Crippen molar-refractivity contribution in [1.29, 1.82) is 0 Å². The Morgan fingerprint density at radius 1 is 1.78 bits per heavy atom. The number of thiophene rings is 1. The molecule has 1 aromatic heterocycles. The van der Waals surface area contributed by atoms with E-state index in [0.29, 0.717) is 5.33 Å². The third-order valence-corrected chi connectivity index (χ3v) is 2.39. The minimum Gasteiger partial charge on any atom is -0.388 e. The number of alkyl halides is 1. The van der Waals surface area contributed by atoms with Crippen LogP contribution in [0.1, 0.15) is 11.7 Å². The van der Waals surface area contributed by atoms with Gasteiger partial charge < -0.3 is 5.11 Å². The van der Waals surface area contributed by atoms with Crippen molar-refractivity contribution in [2.24, 2.45) is 0 Å². The Bertz CT molecular complexity index is 162. The second-order valence-corrected chi connectivity index (χ2v) is 3.15. The molecule has 0 aliphatic carbocycles. The van der Waals surface area contributed by atoms with E-state index in [1.807, 2.05) is 16.8 Å². The quantitative estimate of drug-likeness (QED) is 0.737. The average molecular weight is 207 g/mol. The summed E-state index contributed by atoms with van der Waals surface area (Å²) in [5.74, 6) is 0. The zero-order valence-corrected chi connectivity index (χ0v) is 7.15. The molecule has 1 aromatic rings. The van der Waals surface area contributed by atoms with Crippen molar-refractivity contribution < 1.29 is 5.11 Å². The fraction of sp³-hybridized carbons (Fsp3) is 0.333. The van der Waals surface area contributed by atoms with Crippen LogP contribution in [0.3, 0.4) is 0 Å². The topological polar surface area (TPSA) is 20.2 Å². The number of hydrogen-bond acceptors (Lipinski definition) is 2. The van der Waals surface area contributed by atoms with Crippen molar-refractivity contribution in [3.05, 3.63) is 22.4 Å². The van der Waals surface area contributed by atoms with Gasteiger partial charge in [0.1, 0.15) is 0 Å². The summed E-state index contributed by atoms with van der Waals surface area (Å²) in [6.45, 7) is 0. The van der Waals surface area contributed by atoms with Gasteiger partial charge in [-0.25, -0.2) is 0 Å². The Balaban J connectivity index is 2.65. The van der Waals surface area contributed by atoms with Crippen LogP contribution in [-0.2, 0) is 0 Å². The van der Waals surface area contributed by atoms with Crippen LogP contribution in [0.4, 0.5) is 0 Å². The van der Waals surface area contributed by atoms with E-state index in [2.05, 4.69) is 15.9 Å². The van der Waals surface area contributed by atoms with E-state index in [1.54, 1.807) is 11.3 Å². The predicted octanol–water partition coefficient (Wildman–Crippen LogP) is 2.18. The molecule has 0 radical (unpaired) electrons. The Hall–Kier alpha value is 0.140. The van der Waals surface area contributed by atoms with Crippen LogP contribution in [0.25, 0.3) is 0 Å². The molecular formula is C6H7BrOS. The Morgan fingerprint density at radius 2 is 2.56 bits per heavy atom. The van der Waals surface area contributed by atoms with Gasteiger partial charge in [-0.05, 0) is 22.4 Å². The number of aliphatic hydroxyl groups excluding tert-OH is 1. The first kappa shape index (κ1) is 7.25. The Labute approximate surface area is 66.5 Å². The second kappa shape index (κ2) is 3.34. The van der Waals surface area contributed by atoms with Gasteiger partial charge >= 0.3 is 0 Å². The van der Waals surface area contributed by atoms with Gasteiger partial charge in [-0.1, -0.05) is 15.9 Å². The normalized spacial score (nSPS) is 13.6. The maximum atomic E-state index is 9.18. The third-order valence-electron chi connectivity index (χ3n) is 1.07. The molecule has 9 heavy (non-hydrogen) atoms. The molecule has 1 N–H and O–H groups in total. The molecule has 1 atom stereocenters. The molecule has 0 bridgehead atoms. The lowest BCUT2D eigenvalue weighted by atomic mass is 10.2. The monoisotopic (exact) mass is 206 g/mol. The van der Waals surface area contributed by atoms with E-state index in [4.69, 9.17) is 0 Å². The maximum Gasteiger partial charge on any atom is 0.0894 e. The summed E-state index contributed by atoms with van der Waals surface area (Å²) in [6.07, 6.45) is -0.337. The van der Waals surface area contributed by atoms with Crippen molar-refractivity contribution in [2.45, 2.75) is 6.10 Å². The average Bonchev–Trinajstić information content (AvgIpc) is 2.37. The summed E-state index contributed by atoms with van der Waals surface area (Å²) in [6, 6.07) is 1.93. The zero-order valence-electron chi connectivity index (χ0n) is 4.75. The van der Waals surface area contributed by atoms with Crippen LogP contribution in [0.15, 0.2) is 16.8 Å². The van der Waals surface area contributed by atoms with Gasteiger partial charge in [0.2, 0.25) is 0 Å². The molecule has 0 fully saturated rings. The predicted molar refractivity (Wildman–Crippen MR) is 43.1 cm³/mol. The minimum atomic E-state index is -0.337. The van der Waals surface area contributed by atoms with Crippen molar-refractivity contribution >= 4 is 27.3 Å². The van der Waals surface area contributed by atoms with Gasteiger partial charge in [-0.2, -0.15) is 11.3 Å². The molecule has 0 saturated heterocycles. The van der Waals surface area contributed by atoms with Gasteiger partial charge in [0.25, 0.3) is 0 Å². The van der Waals surface area contributed by atoms with Gasteiger partial charge in [-0.15, -0.1) is 0 Å². The lowest BCUT2D eigenvalue weighted by molar-refractivity contribution is 0.206. The van der Waals surface area contributed by atoms with E-state index in [9.17, 15) is 5.11 Å². The highest BCUT2D eigenvalue weighted by Gasteiger charge is 2.03. The summed E-state index contributed by atoms with van der Waals surface area (Å²) >= 11 is 4.79. The minimum absolute atomic E-state index is 0.337. The highest BCUT2D eigenvalue weighted by Crippen LogP contribution is 2.17. The van der Waals surface area contributed by atoms with Gasteiger partial charge in [0.05, 0.1) is 6.10 Å². The van der Waals surface area contributed by atoms with Crippen LogP contribution < -0.4 is 0 Å². The molecule has 1 heterocycles. The number of rotatable bonds is 2. The number of aliphatic hydroxyl groups is 1. The van der Waals surface area contributed by atoms with E-state index in [1.165, 1.54) is 0 Å². The zero-order chi connectivity index (χ0) is 6.69. The summed E-state index contributed by atoms with van der Waals surface area (Å²) in [5.41, 5.74) is 0.997. The summed E-state index contributed by atoms with van der Waals surface area (Å²) in [7, 11) is 0. The van der Waals surface area contributed by atoms with Crippen LogP contribution in [0.2, 0.25) is 0 Å². The number of halogens is 1. The standard InChI is InChI=1S/C6H7BrOS/c7-3-6(8)5-1-2-9-4-5/h1-2,4,6,8H,3H2/t6-/m0/s1. The van der Waals surface area contributed by atoms with Gasteiger partial charge in [0.15, 0.2) is 0 Å². The highest BCUT2D eigenvalue weighted by molar-refractivity contribution is 9.09. The fourth-order valence-corrected chi connectivity index (χ4v) is 1.63. The summed E-state index contributed by atoms with van der Waals surface area (Å²) in [5, 5.41) is 13.7. The third kappa shape index (κ3) is 1.78. The van der Waals surface area contributed by atoms with E-state index < -0.39 is 0 Å². The largest absolute Gasteiger partial charge is 0.388 e. The summed E-state index contributed by atoms with van der Waals surface area (Å²) in [4.78, 5) is 0.